The van der Waals surface area contributed by atoms with Crippen molar-refractivity contribution >= 4 is 5.91 Å². The maximum atomic E-state index is 13.1. The molecule has 0 atom stereocenters. The fourth-order valence-electron chi connectivity index (χ4n) is 1.90. The molecule has 0 radical (unpaired) electrons. The summed E-state index contributed by atoms with van der Waals surface area (Å²) in [5.41, 5.74) is 2.20. The van der Waals surface area contributed by atoms with E-state index in [0.717, 1.165) is 11.3 Å². The Morgan fingerprint density at radius 1 is 1.38 bits per heavy atom. The van der Waals surface area contributed by atoms with Gasteiger partial charge in [0.25, 0.3) is 0 Å². The van der Waals surface area contributed by atoms with Crippen molar-refractivity contribution in [3.8, 4) is 0 Å². The van der Waals surface area contributed by atoms with Crippen molar-refractivity contribution in [2.75, 3.05) is 7.05 Å². The minimum Gasteiger partial charge on any atom is -0.350 e. The lowest BCUT2D eigenvalue weighted by molar-refractivity contribution is -0.122. The molecule has 0 saturated heterocycles. The molecule has 0 aliphatic rings. The van der Waals surface area contributed by atoms with Gasteiger partial charge in [-0.15, -0.1) is 5.10 Å². The lowest BCUT2D eigenvalue weighted by Crippen LogP contribution is -2.27. The summed E-state index contributed by atoms with van der Waals surface area (Å²) in [6, 6.07) is 4.78. The van der Waals surface area contributed by atoms with E-state index in [1.54, 1.807) is 25.3 Å². The van der Waals surface area contributed by atoms with E-state index in [2.05, 4.69) is 20.9 Å². The van der Waals surface area contributed by atoms with Gasteiger partial charge in [-0.1, -0.05) is 17.3 Å². The lowest BCUT2D eigenvalue weighted by Gasteiger charge is -2.06. The highest BCUT2D eigenvalue weighted by Gasteiger charge is 2.06. The van der Waals surface area contributed by atoms with E-state index in [9.17, 15) is 9.18 Å². The average Bonchev–Trinajstić information content (AvgIpc) is 2.88. The number of nitrogens with zero attached hydrogens (tertiary/aromatic N) is 3. The molecular formula is C14H18FN5O. The SMILES string of the molecule is CNCc1cn(CC(=O)NCc2ccc(F)c(C)c2)nn1. The number of aryl methyl sites for hydroxylation is 1. The molecule has 1 amide bonds. The van der Waals surface area contributed by atoms with Crippen LogP contribution >= 0.6 is 0 Å². The number of halogens is 1. The van der Waals surface area contributed by atoms with Crippen molar-refractivity contribution in [3.05, 3.63) is 47.0 Å². The molecule has 2 N–H and O–H groups in total. The number of hydrogen-bond acceptors (Lipinski definition) is 4. The quantitative estimate of drug-likeness (QED) is 0.824. The van der Waals surface area contributed by atoms with Crippen LogP contribution in [0.25, 0.3) is 0 Å². The van der Waals surface area contributed by atoms with Gasteiger partial charge >= 0.3 is 0 Å². The Labute approximate surface area is 122 Å². The standard InChI is InChI=1S/C14H18FN5O/c1-10-5-11(3-4-13(10)15)6-17-14(21)9-20-8-12(7-16-2)18-19-20/h3-5,8,16H,6-7,9H2,1-2H3,(H,17,21). The fraction of sp³-hybridized carbons (Fsp3) is 0.357. The second-order valence-electron chi connectivity index (χ2n) is 4.80. The van der Waals surface area contributed by atoms with Gasteiger partial charge in [-0.2, -0.15) is 0 Å². The van der Waals surface area contributed by atoms with E-state index < -0.39 is 0 Å². The number of aromatic nitrogens is 3. The predicted molar refractivity (Wildman–Crippen MR) is 75.8 cm³/mol. The van der Waals surface area contributed by atoms with Gasteiger partial charge in [-0.3, -0.25) is 4.79 Å². The van der Waals surface area contributed by atoms with E-state index in [0.29, 0.717) is 18.7 Å². The summed E-state index contributed by atoms with van der Waals surface area (Å²) in [4.78, 5) is 11.8. The van der Waals surface area contributed by atoms with Crippen molar-refractivity contribution in [2.24, 2.45) is 0 Å². The normalized spacial score (nSPS) is 10.6. The Hall–Kier alpha value is -2.28. The van der Waals surface area contributed by atoms with E-state index in [1.807, 2.05) is 7.05 Å². The van der Waals surface area contributed by atoms with Gasteiger partial charge in [-0.05, 0) is 31.2 Å². The molecule has 0 aliphatic heterocycles. The Kier molecular flexibility index (Phi) is 4.99. The molecule has 6 nitrogen and oxygen atoms in total. The number of carbonyl (C=O) groups is 1. The first kappa shape index (κ1) is 15.1. The van der Waals surface area contributed by atoms with E-state index >= 15 is 0 Å². The first-order valence-electron chi connectivity index (χ1n) is 6.64. The molecule has 21 heavy (non-hydrogen) atoms. The van der Waals surface area contributed by atoms with E-state index in [-0.39, 0.29) is 18.3 Å². The van der Waals surface area contributed by atoms with Crippen LogP contribution < -0.4 is 10.6 Å². The van der Waals surface area contributed by atoms with Crippen molar-refractivity contribution in [1.29, 1.82) is 0 Å². The number of benzene rings is 1. The third-order valence-electron chi connectivity index (χ3n) is 2.96. The third-order valence-corrected chi connectivity index (χ3v) is 2.96. The summed E-state index contributed by atoms with van der Waals surface area (Å²) in [5, 5.41) is 13.5. The van der Waals surface area contributed by atoms with Crippen molar-refractivity contribution in [3.63, 3.8) is 0 Å². The first-order chi connectivity index (χ1) is 10.1. The topological polar surface area (TPSA) is 71.8 Å². The van der Waals surface area contributed by atoms with Gasteiger partial charge in [0.2, 0.25) is 5.91 Å². The zero-order valence-electron chi connectivity index (χ0n) is 12.1. The van der Waals surface area contributed by atoms with Gasteiger partial charge in [0.1, 0.15) is 12.4 Å². The maximum absolute atomic E-state index is 13.1. The molecule has 0 spiro atoms. The Morgan fingerprint density at radius 3 is 2.90 bits per heavy atom. The summed E-state index contributed by atoms with van der Waals surface area (Å²) in [6.07, 6.45) is 1.72. The molecule has 1 aromatic carbocycles. The second-order valence-corrected chi connectivity index (χ2v) is 4.80. The largest absolute Gasteiger partial charge is 0.350 e. The van der Waals surface area contributed by atoms with Gasteiger partial charge in [-0.25, -0.2) is 9.07 Å². The number of carbonyl (C=O) groups excluding carboxylic acids is 1. The van der Waals surface area contributed by atoms with Crippen molar-refractivity contribution in [2.45, 2.75) is 26.6 Å². The number of rotatable bonds is 6. The zero-order chi connectivity index (χ0) is 15.2. The van der Waals surface area contributed by atoms with Crippen molar-refractivity contribution in [1.82, 2.24) is 25.6 Å². The summed E-state index contributed by atoms with van der Waals surface area (Å²) >= 11 is 0. The lowest BCUT2D eigenvalue weighted by atomic mass is 10.1. The fourth-order valence-corrected chi connectivity index (χ4v) is 1.90. The highest BCUT2D eigenvalue weighted by Crippen LogP contribution is 2.08. The molecule has 7 heteroatoms. The number of amides is 1. The average molecular weight is 291 g/mol. The van der Waals surface area contributed by atoms with E-state index in [1.165, 1.54) is 10.7 Å². The van der Waals surface area contributed by atoms with Crippen LogP contribution in [-0.2, 0) is 24.4 Å². The Morgan fingerprint density at radius 2 is 2.19 bits per heavy atom. The van der Waals surface area contributed by atoms with Crippen LogP contribution in [0.1, 0.15) is 16.8 Å². The smallest absolute Gasteiger partial charge is 0.242 e. The van der Waals surface area contributed by atoms with Gasteiger partial charge in [0.05, 0.1) is 11.9 Å². The molecular weight excluding hydrogens is 273 g/mol. The molecule has 0 aliphatic carbocycles. The van der Waals surface area contributed by atoms with E-state index in [4.69, 9.17) is 0 Å². The predicted octanol–water partition coefficient (Wildman–Crippen LogP) is 0.761. The summed E-state index contributed by atoms with van der Waals surface area (Å²) < 4.78 is 14.6. The van der Waals surface area contributed by atoms with Crippen LogP contribution in [-0.4, -0.2) is 27.9 Å². The molecule has 1 heterocycles. The zero-order valence-corrected chi connectivity index (χ0v) is 12.1. The van der Waals surface area contributed by atoms with Crippen molar-refractivity contribution < 1.29 is 9.18 Å². The third kappa shape index (κ3) is 4.35. The summed E-state index contributed by atoms with van der Waals surface area (Å²) in [6.45, 7) is 2.77. The second kappa shape index (κ2) is 6.94. The Balaban J connectivity index is 1.85. The maximum Gasteiger partial charge on any atom is 0.242 e. The monoisotopic (exact) mass is 291 g/mol. The Bertz CT molecular complexity index is 626. The first-order valence-corrected chi connectivity index (χ1v) is 6.64. The van der Waals surface area contributed by atoms with Crippen LogP contribution in [0.15, 0.2) is 24.4 Å². The minimum atomic E-state index is -0.246. The highest BCUT2D eigenvalue weighted by molar-refractivity contribution is 5.75. The highest BCUT2D eigenvalue weighted by atomic mass is 19.1. The van der Waals surface area contributed by atoms with Crippen LogP contribution in [0.5, 0.6) is 0 Å². The molecule has 112 valence electrons. The molecule has 2 rings (SSSR count). The molecule has 1 aromatic heterocycles. The summed E-state index contributed by atoms with van der Waals surface area (Å²) in [5.74, 6) is -0.414. The number of nitrogens with one attached hydrogen (secondary N) is 2. The van der Waals surface area contributed by atoms with Crippen LogP contribution in [0.2, 0.25) is 0 Å². The summed E-state index contributed by atoms with van der Waals surface area (Å²) in [7, 11) is 1.82. The number of hydrogen-bond donors (Lipinski definition) is 2. The van der Waals surface area contributed by atoms with Gasteiger partial charge < -0.3 is 10.6 Å². The van der Waals surface area contributed by atoms with Crippen LogP contribution in [0, 0.1) is 12.7 Å². The van der Waals surface area contributed by atoms with Crippen LogP contribution in [0.4, 0.5) is 4.39 Å². The minimum absolute atomic E-state index is 0.108. The molecule has 0 unspecified atom stereocenters. The van der Waals surface area contributed by atoms with Gasteiger partial charge in [0.15, 0.2) is 0 Å². The van der Waals surface area contributed by atoms with Crippen LogP contribution in [0.3, 0.4) is 0 Å². The molecule has 0 saturated carbocycles. The molecule has 0 fully saturated rings. The molecule has 0 bridgehead atoms. The van der Waals surface area contributed by atoms with Gasteiger partial charge in [0, 0.05) is 13.1 Å². The molecule has 2 aromatic rings.